The highest BCUT2D eigenvalue weighted by molar-refractivity contribution is 5.03. The van der Waals surface area contributed by atoms with Gasteiger partial charge in [-0.3, -0.25) is 9.58 Å². The van der Waals surface area contributed by atoms with E-state index in [0.29, 0.717) is 6.04 Å². The number of rotatable bonds is 2. The highest BCUT2D eigenvalue weighted by Gasteiger charge is 2.16. The monoisotopic (exact) mass is 194 g/mol. The third-order valence-electron chi connectivity index (χ3n) is 2.71. The maximum Gasteiger partial charge on any atom is 0.0534 e. The summed E-state index contributed by atoms with van der Waals surface area (Å²) in [4.78, 5) is 2.41. The van der Waals surface area contributed by atoms with Crippen molar-refractivity contribution < 1.29 is 0 Å². The zero-order valence-electron chi connectivity index (χ0n) is 8.69. The molecule has 0 saturated carbocycles. The molecule has 0 radical (unpaired) electrons. The molecule has 1 aliphatic rings. The Balaban J connectivity index is 1.90. The van der Waals surface area contributed by atoms with Gasteiger partial charge in [0.2, 0.25) is 0 Å². The van der Waals surface area contributed by atoms with Crippen molar-refractivity contribution in [3.05, 3.63) is 18.0 Å². The molecule has 0 aromatic carbocycles. The van der Waals surface area contributed by atoms with E-state index >= 15 is 0 Å². The summed E-state index contributed by atoms with van der Waals surface area (Å²) in [5.74, 6) is 0. The van der Waals surface area contributed by atoms with Crippen molar-refractivity contribution in [3.63, 3.8) is 0 Å². The molecule has 78 valence electrons. The SMILES string of the molecule is Cn1cc(CN2CCC[C@@H](N)C2)cn1. The molecule has 1 saturated heterocycles. The standard InChI is InChI=1S/C10H18N4/c1-13-6-9(5-12-13)7-14-4-2-3-10(11)8-14/h5-6,10H,2-4,7-8,11H2,1H3/t10-/m1/s1. The topological polar surface area (TPSA) is 47.1 Å². The van der Waals surface area contributed by atoms with Gasteiger partial charge in [0.05, 0.1) is 6.20 Å². The molecule has 1 fully saturated rings. The molecule has 2 N–H and O–H groups in total. The van der Waals surface area contributed by atoms with E-state index in [0.717, 1.165) is 13.1 Å². The van der Waals surface area contributed by atoms with Crippen molar-refractivity contribution in [3.8, 4) is 0 Å². The van der Waals surface area contributed by atoms with Crippen LogP contribution in [0.1, 0.15) is 18.4 Å². The van der Waals surface area contributed by atoms with E-state index in [9.17, 15) is 0 Å². The van der Waals surface area contributed by atoms with Crippen molar-refractivity contribution in [2.45, 2.75) is 25.4 Å². The van der Waals surface area contributed by atoms with Crippen LogP contribution in [0, 0.1) is 0 Å². The van der Waals surface area contributed by atoms with E-state index in [1.165, 1.54) is 24.9 Å². The normalized spacial score (nSPS) is 24.0. The van der Waals surface area contributed by atoms with Gasteiger partial charge in [-0.1, -0.05) is 0 Å². The van der Waals surface area contributed by atoms with Crippen LogP contribution in [0.3, 0.4) is 0 Å². The Morgan fingerprint density at radius 1 is 1.64 bits per heavy atom. The van der Waals surface area contributed by atoms with Crippen molar-refractivity contribution in [2.24, 2.45) is 12.8 Å². The molecule has 4 nitrogen and oxygen atoms in total. The Kier molecular flexibility index (Phi) is 2.84. The second-order valence-corrected chi connectivity index (χ2v) is 4.16. The quantitative estimate of drug-likeness (QED) is 0.738. The van der Waals surface area contributed by atoms with Gasteiger partial charge < -0.3 is 5.73 Å². The predicted octanol–water partition coefficient (Wildman–Crippen LogP) is 0.343. The number of piperidine rings is 1. The van der Waals surface area contributed by atoms with E-state index in [-0.39, 0.29) is 0 Å². The Morgan fingerprint density at radius 2 is 2.50 bits per heavy atom. The molecule has 0 bridgehead atoms. The van der Waals surface area contributed by atoms with E-state index in [1.807, 2.05) is 17.9 Å². The van der Waals surface area contributed by atoms with Crippen LogP contribution in [0.25, 0.3) is 0 Å². The molecule has 0 aliphatic carbocycles. The van der Waals surface area contributed by atoms with Gasteiger partial charge in [-0.2, -0.15) is 5.10 Å². The molecule has 2 heterocycles. The fraction of sp³-hybridized carbons (Fsp3) is 0.700. The van der Waals surface area contributed by atoms with Gasteiger partial charge >= 0.3 is 0 Å². The van der Waals surface area contributed by atoms with E-state index < -0.39 is 0 Å². The first-order chi connectivity index (χ1) is 6.74. The van der Waals surface area contributed by atoms with Crippen molar-refractivity contribution >= 4 is 0 Å². The van der Waals surface area contributed by atoms with Crippen molar-refractivity contribution in [1.82, 2.24) is 14.7 Å². The highest BCUT2D eigenvalue weighted by atomic mass is 15.2. The smallest absolute Gasteiger partial charge is 0.0534 e. The van der Waals surface area contributed by atoms with Crippen LogP contribution < -0.4 is 5.73 Å². The fourth-order valence-electron chi connectivity index (χ4n) is 2.05. The van der Waals surface area contributed by atoms with Crippen LogP contribution in [0.15, 0.2) is 12.4 Å². The average molecular weight is 194 g/mol. The maximum absolute atomic E-state index is 5.92. The summed E-state index contributed by atoms with van der Waals surface area (Å²) in [6.45, 7) is 3.18. The van der Waals surface area contributed by atoms with E-state index in [4.69, 9.17) is 5.73 Å². The lowest BCUT2D eigenvalue weighted by Gasteiger charge is -2.30. The van der Waals surface area contributed by atoms with Crippen LogP contribution >= 0.6 is 0 Å². The molecule has 1 aromatic rings. The summed E-state index contributed by atoms with van der Waals surface area (Å²) >= 11 is 0. The average Bonchev–Trinajstić information content (AvgIpc) is 2.51. The molecule has 2 rings (SSSR count). The van der Waals surface area contributed by atoms with Gasteiger partial charge in [0.15, 0.2) is 0 Å². The largest absolute Gasteiger partial charge is 0.327 e. The minimum atomic E-state index is 0.362. The first kappa shape index (κ1) is 9.68. The van der Waals surface area contributed by atoms with Crippen LogP contribution in [-0.2, 0) is 13.6 Å². The lowest BCUT2D eigenvalue weighted by Crippen LogP contribution is -2.42. The van der Waals surface area contributed by atoms with Gasteiger partial charge in [-0.05, 0) is 19.4 Å². The number of likely N-dealkylation sites (tertiary alicyclic amines) is 1. The first-order valence-corrected chi connectivity index (χ1v) is 5.19. The van der Waals surface area contributed by atoms with E-state index in [1.54, 1.807) is 0 Å². The summed E-state index contributed by atoms with van der Waals surface area (Å²) < 4.78 is 1.85. The van der Waals surface area contributed by atoms with Crippen LogP contribution in [0.2, 0.25) is 0 Å². The summed E-state index contributed by atoms with van der Waals surface area (Å²) in [7, 11) is 1.95. The molecule has 4 heteroatoms. The number of aryl methyl sites for hydroxylation is 1. The number of nitrogens with two attached hydrogens (primary N) is 1. The lowest BCUT2D eigenvalue weighted by atomic mass is 10.1. The third kappa shape index (κ3) is 2.33. The number of hydrogen-bond donors (Lipinski definition) is 1. The Bertz CT molecular complexity index is 294. The molecule has 0 unspecified atom stereocenters. The van der Waals surface area contributed by atoms with Gasteiger partial charge in [0.1, 0.15) is 0 Å². The maximum atomic E-state index is 5.92. The zero-order chi connectivity index (χ0) is 9.97. The fourth-order valence-corrected chi connectivity index (χ4v) is 2.05. The van der Waals surface area contributed by atoms with Crippen molar-refractivity contribution in [2.75, 3.05) is 13.1 Å². The lowest BCUT2D eigenvalue weighted by molar-refractivity contribution is 0.201. The predicted molar refractivity (Wildman–Crippen MR) is 55.7 cm³/mol. The second-order valence-electron chi connectivity index (χ2n) is 4.16. The van der Waals surface area contributed by atoms with Crippen molar-refractivity contribution in [1.29, 1.82) is 0 Å². The molecule has 0 spiro atoms. The summed E-state index contributed by atoms with van der Waals surface area (Å²) in [6, 6.07) is 0.362. The number of nitrogens with zero attached hydrogens (tertiary/aromatic N) is 3. The Labute approximate surface area is 84.7 Å². The Hall–Kier alpha value is -0.870. The van der Waals surface area contributed by atoms with Crippen LogP contribution in [0.5, 0.6) is 0 Å². The highest BCUT2D eigenvalue weighted by Crippen LogP contribution is 2.11. The molecule has 1 aromatic heterocycles. The molecule has 1 aliphatic heterocycles. The van der Waals surface area contributed by atoms with Gasteiger partial charge in [-0.25, -0.2) is 0 Å². The zero-order valence-corrected chi connectivity index (χ0v) is 8.69. The number of aromatic nitrogens is 2. The van der Waals surface area contributed by atoms with Gasteiger partial charge in [0.25, 0.3) is 0 Å². The molecular weight excluding hydrogens is 176 g/mol. The molecule has 0 amide bonds. The van der Waals surface area contributed by atoms with Gasteiger partial charge in [0, 0.05) is 37.9 Å². The number of hydrogen-bond acceptors (Lipinski definition) is 3. The third-order valence-corrected chi connectivity index (χ3v) is 2.71. The van der Waals surface area contributed by atoms with Gasteiger partial charge in [-0.15, -0.1) is 0 Å². The van der Waals surface area contributed by atoms with Crippen LogP contribution in [-0.4, -0.2) is 33.8 Å². The minimum absolute atomic E-state index is 0.362. The Morgan fingerprint density at radius 3 is 3.14 bits per heavy atom. The molecular formula is C10H18N4. The molecule has 14 heavy (non-hydrogen) atoms. The molecule has 1 atom stereocenters. The van der Waals surface area contributed by atoms with Crippen LogP contribution in [0.4, 0.5) is 0 Å². The summed E-state index contributed by atoms with van der Waals surface area (Å²) in [6.07, 6.45) is 6.39. The second kappa shape index (κ2) is 4.11. The minimum Gasteiger partial charge on any atom is -0.327 e. The summed E-state index contributed by atoms with van der Waals surface area (Å²) in [5, 5.41) is 4.16. The first-order valence-electron chi connectivity index (χ1n) is 5.19. The summed E-state index contributed by atoms with van der Waals surface area (Å²) in [5.41, 5.74) is 7.20. The van der Waals surface area contributed by atoms with E-state index in [2.05, 4.69) is 16.2 Å².